The molecule has 0 spiro atoms. The Morgan fingerprint density at radius 2 is 2.15 bits per heavy atom. The van der Waals surface area contributed by atoms with Crippen LogP contribution in [0.3, 0.4) is 0 Å². The molecular weight excluding hydrogens is 464 g/mol. The van der Waals surface area contributed by atoms with Crippen LogP contribution in [0.5, 0.6) is 0 Å². The highest BCUT2D eigenvalue weighted by Gasteiger charge is 2.25. The van der Waals surface area contributed by atoms with Crippen molar-refractivity contribution in [2.24, 2.45) is 7.05 Å². The van der Waals surface area contributed by atoms with Gasteiger partial charge in [0.05, 0.1) is 15.9 Å². The van der Waals surface area contributed by atoms with Gasteiger partial charge >= 0.3 is 0 Å². The molecule has 5 rings (SSSR count). The van der Waals surface area contributed by atoms with Crippen LogP contribution in [-0.2, 0) is 24.8 Å². The number of aryl methyl sites for hydroxylation is 2. The van der Waals surface area contributed by atoms with Gasteiger partial charge in [0.2, 0.25) is 5.91 Å². The van der Waals surface area contributed by atoms with Gasteiger partial charge in [-0.25, -0.2) is 4.98 Å². The van der Waals surface area contributed by atoms with Crippen LogP contribution in [0, 0.1) is 6.92 Å². The summed E-state index contributed by atoms with van der Waals surface area (Å²) in [7, 11) is 1.94. The summed E-state index contributed by atoms with van der Waals surface area (Å²) in [6.07, 6.45) is 3.45. The third-order valence-electron chi connectivity index (χ3n) is 6.01. The van der Waals surface area contributed by atoms with Crippen LogP contribution in [-0.4, -0.2) is 39.8 Å². The number of nitrogens with one attached hydrogen (secondary N) is 3. The molecule has 3 N–H and O–H groups in total. The van der Waals surface area contributed by atoms with E-state index in [1.807, 2.05) is 24.9 Å². The molecular formula is C25H30N6OS2. The summed E-state index contributed by atoms with van der Waals surface area (Å²) >= 11 is 3.38. The Morgan fingerprint density at radius 1 is 1.29 bits per heavy atom. The van der Waals surface area contributed by atoms with Crippen molar-refractivity contribution in [1.82, 2.24) is 25.4 Å². The largest absolute Gasteiger partial charge is 0.317 e. The standard InChI is InChI=1S/C25H30N6OS2/c1-14(2)27-10-8-22(32)29-25-23(17-7-9-26-12-21(17)34-25)24-28-19-11-16(5-6-20(19)33-24)18-13-31(4)30-15(18)3/h5-6,11,13-14,26-27H,7-10,12H2,1-4H3,(H,29,32). The van der Waals surface area contributed by atoms with Crippen molar-refractivity contribution in [2.45, 2.75) is 46.2 Å². The maximum absolute atomic E-state index is 12.7. The third kappa shape index (κ3) is 4.65. The number of carbonyl (C=O) groups is 1. The number of hydrogen-bond donors (Lipinski definition) is 3. The summed E-state index contributed by atoms with van der Waals surface area (Å²) < 4.78 is 2.99. The van der Waals surface area contributed by atoms with Crippen molar-refractivity contribution in [1.29, 1.82) is 0 Å². The van der Waals surface area contributed by atoms with Crippen LogP contribution in [0.1, 0.15) is 36.4 Å². The fourth-order valence-corrected chi connectivity index (χ4v) is 6.72. The predicted octanol–water partition coefficient (Wildman–Crippen LogP) is 4.71. The first-order valence-corrected chi connectivity index (χ1v) is 13.3. The molecule has 0 saturated heterocycles. The second kappa shape index (κ2) is 9.58. The number of anilines is 1. The molecule has 3 aromatic heterocycles. The van der Waals surface area contributed by atoms with E-state index in [9.17, 15) is 4.79 Å². The zero-order chi connectivity index (χ0) is 23.8. The van der Waals surface area contributed by atoms with E-state index >= 15 is 0 Å². The second-order valence-electron chi connectivity index (χ2n) is 9.05. The third-order valence-corrected chi connectivity index (χ3v) is 8.21. The number of hydrogen-bond acceptors (Lipinski definition) is 7. The van der Waals surface area contributed by atoms with E-state index in [1.54, 1.807) is 22.7 Å². The van der Waals surface area contributed by atoms with Crippen LogP contribution in [0.25, 0.3) is 31.9 Å². The number of carbonyl (C=O) groups excluding carboxylic acids is 1. The Bertz CT molecular complexity index is 1350. The number of amides is 1. The molecule has 4 aromatic rings. The highest BCUT2D eigenvalue weighted by molar-refractivity contribution is 7.23. The molecule has 0 unspecified atom stereocenters. The van der Waals surface area contributed by atoms with Crippen molar-refractivity contribution < 1.29 is 4.79 Å². The Labute approximate surface area is 207 Å². The number of aromatic nitrogens is 3. The second-order valence-corrected chi connectivity index (χ2v) is 11.2. The Hall–Kier alpha value is -2.59. The average molecular weight is 495 g/mol. The zero-order valence-electron chi connectivity index (χ0n) is 20.0. The van der Waals surface area contributed by atoms with E-state index < -0.39 is 0 Å². The van der Waals surface area contributed by atoms with E-state index in [2.05, 4.69) is 53.1 Å². The van der Waals surface area contributed by atoms with Gasteiger partial charge in [0.1, 0.15) is 10.0 Å². The van der Waals surface area contributed by atoms with Gasteiger partial charge in [-0.3, -0.25) is 9.48 Å². The maximum atomic E-state index is 12.7. The normalized spacial score (nSPS) is 13.6. The quantitative estimate of drug-likeness (QED) is 0.347. The number of fused-ring (bicyclic) bond motifs is 2. The summed E-state index contributed by atoms with van der Waals surface area (Å²) in [5.41, 5.74) is 6.66. The van der Waals surface area contributed by atoms with Crippen LogP contribution in [0.4, 0.5) is 5.00 Å². The summed E-state index contributed by atoms with van der Waals surface area (Å²) in [6.45, 7) is 8.66. The molecule has 0 aliphatic carbocycles. The van der Waals surface area contributed by atoms with Crippen molar-refractivity contribution in [3.8, 4) is 21.7 Å². The summed E-state index contributed by atoms with van der Waals surface area (Å²) in [5.74, 6) is 0.0383. The molecule has 178 valence electrons. The predicted molar refractivity (Wildman–Crippen MR) is 142 cm³/mol. The number of thiophene rings is 1. The lowest BCUT2D eigenvalue weighted by molar-refractivity contribution is -0.116. The van der Waals surface area contributed by atoms with Crippen molar-refractivity contribution in [3.05, 3.63) is 40.5 Å². The molecule has 7 nitrogen and oxygen atoms in total. The SMILES string of the molecule is Cc1nn(C)cc1-c1ccc2sc(-c3c(NC(=O)CCNC(C)C)sc4c3CCNC4)nc2c1. The van der Waals surface area contributed by atoms with Gasteiger partial charge in [0.15, 0.2) is 0 Å². The minimum atomic E-state index is 0.0383. The smallest absolute Gasteiger partial charge is 0.226 e. The van der Waals surface area contributed by atoms with Crippen LogP contribution < -0.4 is 16.0 Å². The number of rotatable bonds is 7. The average Bonchev–Trinajstić information content (AvgIpc) is 3.46. The zero-order valence-corrected chi connectivity index (χ0v) is 21.6. The van der Waals surface area contributed by atoms with E-state index in [4.69, 9.17) is 4.98 Å². The topological polar surface area (TPSA) is 83.9 Å². The van der Waals surface area contributed by atoms with Crippen molar-refractivity contribution in [2.75, 3.05) is 18.4 Å². The molecule has 0 saturated carbocycles. The molecule has 0 atom stereocenters. The minimum Gasteiger partial charge on any atom is -0.317 e. The van der Waals surface area contributed by atoms with E-state index in [0.717, 1.165) is 62.1 Å². The van der Waals surface area contributed by atoms with Gasteiger partial charge in [0, 0.05) is 54.8 Å². The highest BCUT2D eigenvalue weighted by atomic mass is 32.1. The Balaban J connectivity index is 1.49. The summed E-state index contributed by atoms with van der Waals surface area (Å²) in [4.78, 5) is 19.1. The molecule has 4 heterocycles. The minimum absolute atomic E-state index is 0.0383. The monoisotopic (exact) mass is 494 g/mol. The lowest BCUT2D eigenvalue weighted by Gasteiger charge is -2.13. The number of thiazole rings is 1. The van der Waals surface area contributed by atoms with Gasteiger partial charge in [-0.1, -0.05) is 19.9 Å². The van der Waals surface area contributed by atoms with Gasteiger partial charge in [-0.2, -0.15) is 5.10 Å². The Kier molecular flexibility index (Phi) is 6.52. The van der Waals surface area contributed by atoms with Gasteiger partial charge in [-0.15, -0.1) is 22.7 Å². The first-order chi connectivity index (χ1) is 16.4. The maximum Gasteiger partial charge on any atom is 0.226 e. The van der Waals surface area contributed by atoms with Gasteiger partial charge in [-0.05, 0) is 43.1 Å². The highest BCUT2D eigenvalue weighted by Crippen LogP contribution is 2.45. The molecule has 9 heteroatoms. The van der Waals surface area contributed by atoms with Crippen molar-refractivity contribution >= 4 is 43.8 Å². The fraction of sp³-hybridized carbons (Fsp3) is 0.400. The number of benzene rings is 1. The van der Waals surface area contributed by atoms with Gasteiger partial charge in [0.25, 0.3) is 0 Å². The van der Waals surface area contributed by atoms with Crippen molar-refractivity contribution in [3.63, 3.8) is 0 Å². The first kappa shape index (κ1) is 23.2. The van der Waals surface area contributed by atoms with Crippen LogP contribution in [0.2, 0.25) is 0 Å². The lowest BCUT2D eigenvalue weighted by Crippen LogP contribution is -2.27. The molecule has 0 fully saturated rings. The number of nitrogens with zero attached hydrogens (tertiary/aromatic N) is 3. The molecule has 0 bridgehead atoms. The van der Waals surface area contributed by atoms with E-state index in [-0.39, 0.29) is 5.91 Å². The molecule has 34 heavy (non-hydrogen) atoms. The molecule has 1 aliphatic heterocycles. The summed E-state index contributed by atoms with van der Waals surface area (Å²) in [6, 6.07) is 6.81. The first-order valence-electron chi connectivity index (χ1n) is 11.7. The molecule has 1 aliphatic rings. The Morgan fingerprint density at radius 3 is 2.91 bits per heavy atom. The van der Waals surface area contributed by atoms with E-state index in [0.29, 0.717) is 19.0 Å². The molecule has 1 aromatic carbocycles. The molecule has 1 amide bonds. The van der Waals surface area contributed by atoms with Crippen LogP contribution >= 0.6 is 22.7 Å². The lowest BCUT2D eigenvalue weighted by atomic mass is 10.0. The van der Waals surface area contributed by atoms with Crippen LogP contribution in [0.15, 0.2) is 24.4 Å². The fourth-order valence-electron chi connectivity index (χ4n) is 4.40. The van der Waals surface area contributed by atoms with E-state index in [1.165, 1.54) is 10.4 Å². The molecule has 0 radical (unpaired) electrons. The summed E-state index contributed by atoms with van der Waals surface area (Å²) in [5, 5.41) is 16.4. The van der Waals surface area contributed by atoms with Gasteiger partial charge < -0.3 is 16.0 Å².